The van der Waals surface area contributed by atoms with E-state index in [1.807, 2.05) is 13.1 Å². The Morgan fingerprint density at radius 3 is 2.78 bits per heavy atom. The molecule has 18 heavy (non-hydrogen) atoms. The molecule has 0 N–H and O–H groups in total. The monoisotopic (exact) mass is 267 g/mol. The lowest BCUT2D eigenvalue weighted by molar-refractivity contribution is -0.151. The van der Waals surface area contributed by atoms with E-state index in [0.29, 0.717) is 31.5 Å². The van der Waals surface area contributed by atoms with Crippen LogP contribution in [0.4, 0.5) is 5.69 Å². The first kappa shape index (κ1) is 11.9. The quantitative estimate of drug-likeness (QED) is 0.706. The lowest BCUT2D eigenvalue weighted by atomic mass is 9.92. The number of likely N-dealkylation sites (N-methyl/N-ethyl adjacent to an activating group) is 1. The van der Waals surface area contributed by atoms with E-state index in [9.17, 15) is 4.79 Å². The number of piperazine rings is 1. The van der Waals surface area contributed by atoms with Gasteiger partial charge in [0, 0.05) is 6.54 Å². The highest BCUT2D eigenvalue weighted by Gasteiger charge is 2.48. The minimum atomic E-state index is -0.0342. The fraction of sp³-hybridized carbons (Fsp3) is 0.500. The average molecular weight is 268 g/mol. The molecule has 1 amide bonds. The van der Waals surface area contributed by atoms with E-state index in [0.717, 1.165) is 5.69 Å². The Morgan fingerprint density at radius 1 is 1.44 bits per heavy atom. The van der Waals surface area contributed by atoms with E-state index in [4.69, 9.17) is 16.3 Å². The van der Waals surface area contributed by atoms with Crippen molar-refractivity contribution < 1.29 is 9.53 Å². The van der Waals surface area contributed by atoms with Gasteiger partial charge < -0.3 is 9.64 Å². The molecule has 2 saturated heterocycles. The number of pyridine rings is 1. The van der Waals surface area contributed by atoms with Crippen LogP contribution in [0.5, 0.6) is 0 Å². The lowest BCUT2D eigenvalue weighted by Crippen LogP contribution is -2.71. The second-order valence-electron chi connectivity index (χ2n) is 4.89. The van der Waals surface area contributed by atoms with Crippen molar-refractivity contribution in [1.29, 1.82) is 0 Å². The highest BCUT2D eigenvalue weighted by Crippen LogP contribution is 2.31. The molecule has 5 nitrogen and oxygen atoms in total. The smallest absolute Gasteiger partial charge is 0.241 e. The second kappa shape index (κ2) is 4.19. The molecule has 0 radical (unpaired) electrons. The van der Waals surface area contributed by atoms with Gasteiger partial charge >= 0.3 is 0 Å². The number of hydrogen-bond acceptors (Lipinski definition) is 4. The van der Waals surface area contributed by atoms with Gasteiger partial charge in [0.25, 0.3) is 0 Å². The van der Waals surface area contributed by atoms with Crippen molar-refractivity contribution in [2.45, 2.75) is 5.54 Å². The number of amides is 1. The first-order chi connectivity index (χ1) is 8.61. The molecule has 0 aliphatic carbocycles. The number of hydrogen-bond donors (Lipinski definition) is 0. The number of anilines is 1. The number of ether oxygens (including phenoxy) is 1. The number of carbonyl (C=O) groups is 1. The number of aromatic nitrogens is 1. The normalized spacial score (nSPS) is 23.2. The summed E-state index contributed by atoms with van der Waals surface area (Å²) in [4.78, 5) is 20.0. The van der Waals surface area contributed by atoms with Gasteiger partial charge in [-0.15, -0.1) is 0 Å². The summed E-state index contributed by atoms with van der Waals surface area (Å²) in [5, 5.41) is 0.432. The predicted octanol–water partition coefficient (Wildman–Crippen LogP) is 0.782. The Labute approximate surface area is 110 Å². The molecule has 0 aromatic carbocycles. The maximum absolute atomic E-state index is 12.1. The van der Waals surface area contributed by atoms with E-state index in [1.165, 1.54) is 0 Å². The highest BCUT2D eigenvalue weighted by molar-refractivity contribution is 6.29. The Hall–Kier alpha value is -1.17. The molecule has 0 atom stereocenters. The van der Waals surface area contributed by atoms with Crippen LogP contribution in [0.15, 0.2) is 18.3 Å². The fourth-order valence-electron chi connectivity index (χ4n) is 2.37. The zero-order valence-corrected chi connectivity index (χ0v) is 10.9. The Balaban J connectivity index is 1.87. The molecule has 96 valence electrons. The third kappa shape index (κ3) is 1.79. The number of carbonyl (C=O) groups excluding carboxylic acids is 1. The van der Waals surface area contributed by atoms with Gasteiger partial charge in [0.05, 0.1) is 37.2 Å². The van der Waals surface area contributed by atoms with Gasteiger partial charge in [-0.3, -0.25) is 9.69 Å². The van der Waals surface area contributed by atoms with Crippen LogP contribution in [-0.4, -0.2) is 54.7 Å². The van der Waals surface area contributed by atoms with Crippen molar-refractivity contribution >= 4 is 23.2 Å². The van der Waals surface area contributed by atoms with Gasteiger partial charge in [-0.2, -0.15) is 0 Å². The largest absolute Gasteiger partial charge is 0.377 e. The zero-order chi connectivity index (χ0) is 12.8. The topological polar surface area (TPSA) is 45.7 Å². The average Bonchev–Trinajstić information content (AvgIpc) is 2.29. The van der Waals surface area contributed by atoms with Crippen molar-refractivity contribution in [2.24, 2.45) is 0 Å². The standard InChI is InChI=1S/C12H14ClN3O2/c1-15-5-11(17)16(6-12(15)7-18-8-12)9-2-3-10(13)14-4-9/h2-4H,5-8H2,1H3. The molecular formula is C12H14ClN3O2. The maximum atomic E-state index is 12.1. The zero-order valence-electron chi connectivity index (χ0n) is 10.1. The molecule has 1 spiro atoms. The van der Waals surface area contributed by atoms with Crippen LogP contribution in [-0.2, 0) is 9.53 Å². The van der Waals surface area contributed by atoms with Crippen molar-refractivity contribution in [2.75, 3.05) is 38.3 Å². The summed E-state index contributed by atoms with van der Waals surface area (Å²) in [5.41, 5.74) is 0.761. The van der Waals surface area contributed by atoms with Crippen LogP contribution in [0, 0.1) is 0 Å². The van der Waals surface area contributed by atoms with Crippen LogP contribution < -0.4 is 4.90 Å². The summed E-state index contributed by atoms with van der Waals surface area (Å²) >= 11 is 5.76. The molecule has 2 aliphatic heterocycles. The lowest BCUT2D eigenvalue weighted by Gasteiger charge is -2.53. The summed E-state index contributed by atoms with van der Waals surface area (Å²) < 4.78 is 5.31. The molecular weight excluding hydrogens is 254 g/mol. The minimum absolute atomic E-state index is 0.0342. The van der Waals surface area contributed by atoms with Gasteiger partial charge in [0.2, 0.25) is 5.91 Å². The number of halogens is 1. The Morgan fingerprint density at radius 2 is 2.22 bits per heavy atom. The van der Waals surface area contributed by atoms with Gasteiger partial charge in [-0.25, -0.2) is 4.98 Å². The van der Waals surface area contributed by atoms with E-state index < -0.39 is 0 Å². The van der Waals surface area contributed by atoms with E-state index >= 15 is 0 Å². The third-order valence-electron chi connectivity index (χ3n) is 3.70. The molecule has 2 aliphatic rings. The first-order valence-electron chi connectivity index (χ1n) is 5.82. The first-order valence-corrected chi connectivity index (χ1v) is 6.19. The molecule has 0 unspecified atom stereocenters. The van der Waals surface area contributed by atoms with Gasteiger partial charge in [-0.05, 0) is 19.2 Å². The Kier molecular flexibility index (Phi) is 2.77. The van der Waals surface area contributed by atoms with Crippen molar-refractivity contribution in [3.8, 4) is 0 Å². The minimum Gasteiger partial charge on any atom is -0.377 e. The molecule has 2 fully saturated rings. The second-order valence-corrected chi connectivity index (χ2v) is 5.28. The van der Waals surface area contributed by atoms with Crippen LogP contribution in [0.3, 0.4) is 0 Å². The van der Waals surface area contributed by atoms with Crippen LogP contribution in [0.25, 0.3) is 0 Å². The fourth-order valence-corrected chi connectivity index (χ4v) is 2.48. The predicted molar refractivity (Wildman–Crippen MR) is 67.8 cm³/mol. The van der Waals surface area contributed by atoms with Crippen LogP contribution in [0.2, 0.25) is 5.15 Å². The third-order valence-corrected chi connectivity index (χ3v) is 3.92. The van der Waals surface area contributed by atoms with Crippen molar-refractivity contribution in [3.05, 3.63) is 23.5 Å². The van der Waals surface area contributed by atoms with Crippen molar-refractivity contribution in [1.82, 2.24) is 9.88 Å². The maximum Gasteiger partial charge on any atom is 0.241 e. The van der Waals surface area contributed by atoms with Gasteiger partial charge in [-0.1, -0.05) is 11.6 Å². The summed E-state index contributed by atoms with van der Waals surface area (Å²) in [5.74, 6) is 0.0825. The summed E-state index contributed by atoms with van der Waals surface area (Å²) in [6.45, 7) is 2.40. The van der Waals surface area contributed by atoms with E-state index in [1.54, 1.807) is 17.2 Å². The van der Waals surface area contributed by atoms with E-state index in [-0.39, 0.29) is 11.4 Å². The molecule has 1 aromatic rings. The number of nitrogens with zero attached hydrogens (tertiary/aromatic N) is 3. The molecule has 6 heteroatoms. The van der Waals surface area contributed by atoms with Crippen molar-refractivity contribution in [3.63, 3.8) is 0 Å². The molecule has 3 rings (SSSR count). The molecule has 0 bridgehead atoms. The van der Waals surface area contributed by atoms with Gasteiger partial charge in [0.15, 0.2) is 0 Å². The van der Waals surface area contributed by atoms with Crippen LogP contribution >= 0.6 is 11.6 Å². The summed E-state index contributed by atoms with van der Waals surface area (Å²) in [6, 6.07) is 3.53. The summed E-state index contributed by atoms with van der Waals surface area (Å²) in [6.07, 6.45) is 1.64. The molecule has 1 aromatic heterocycles. The van der Waals surface area contributed by atoms with E-state index in [2.05, 4.69) is 9.88 Å². The SMILES string of the molecule is CN1CC(=O)N(c2ccc(Cl)nc2)CC12COC2. The highest BCUT2D eigenvalue weighted by atomic mass is 35.5. The van der Waals surface area contributed by atoms with Crippen LogP contribution in [0.1, 0.15) is 0 Å². The van der Waals surface area contributed by atoms with Gasteiger partial charge in [0.1, 0.15) is 5.15 Å². The molecule has 3 heterocycles. The summed E-state index contributed by atoms with van der Waals surface area (Å²) in [7, 11) is 1.97. The Bertz CT molecular complexity index is 473. The number of rotatable bonds is 1. The molecule has 0 saturated carbocycles.